The van der Waals surface area contributed by atoms with Crippen LogP contribution in [0.15, 0.2) is 76.9 Å². The van der Waals surface area contributed by atoms with Crippen molar-refractivity contribution in [3.05, 3.63) is 99.3 Å². The van der Waals surface area contributed by atoms with Crippen LogP contribution in [-0.4, -0.2) is 28.3 Å². The first-order valence-corrected chi connectivity index (χ1v) is 12.4. The maximum absolute atomic E-state index is 13.6. The maximum Gasteiger partial charge on any atom is 0.359 e. The second-order valence-corrected chi connectivity index (χ2v) is 9.22. The van der Waals surface area contributed by atoms with Gasteiger partial charge in [-0.1, -0.05) is 54.6 Å². The lowest BCUT2D eigenvalue weighted by atomic mass is 10.0. The molecule has 0 saturated carbocycles. The Hall–Kier alpha value is -4.30. The van der Waals surface area contributed by atoms with Gasteiger partial charge in [0.1, 0.15) is 5.00 Å². The Morgan fingerprint density at radius 1 is 1.03 bits per heavy atom. The fraction of sp³-hybridized carbons (Fsp3) is 0.143. The van der Waals surface area contributed by atoms with Crippen LogP contribution in [0.1, 0.15) is 28.5 Å². The number of hydrogen-bond acceptors (Lipinski definition) is 6. The van der Waals surface area contributed by atoms with E-state index >= 15 is 0 Å². The second-order valence-electron chi connectivity index (χ2n) is 8.34. The van der Waals surface area contributed by atoms with E-state index in [1.54, 1.807) is 24.4 Å². The van der Waals surface area contributed by atoms with Gasteiger partial charge in [0.05, 0.1) is 24.1 Å². The maximum atomic E-state index is 13.6. The lowest BCUT2D eigenvalue weighted by Gasteiger charge is -2.11. The monoisotopic (exact) mass is 497 g/mol. The van der Waals surface area contributed by atoms with E-state index in [0.717, 1.165) is 21.9 Å². The average Bonchev–Trinajstić information content (AvgIpc) is 3.28. The molecule has 0 atom stereocenters. The summed E-state index contributed by atoms with van der Waals surface area (Å²) in [7, 11) is 0. The number of rotatable bonds is 6. The van der Waals surface area contributed by atoms with Crippen molar-refractivity contribution in [1.29, 1.82) is 0 Å². The van der Waals surface area contributed by atoms with Crippen LogP contribution >= 0.6 is 11.3 Å². The first-order valence-electron chi connectivity index (χ1n) is 11.5. The Bertz CT molecular complexity index is 1680. The molecule has 0 unspecified atom stereocenters. The molecule has 3 aromatic carbocycles. The molecule has 2 heterocycles. The number of ether oxygens (including phenoxy) is 1. The zero-order chi connectivity index (χ0) is 25.2. The van der Waals surface area contributed by atoms with E-state index in [0.29, 0.717) is 16.1 Å². The van der Waals surface area contributed by atoms with Crippen LogP contribution in [0.2, 0.25) is 0 Å². The summed E-state index contributed by atoms with van der Waals surface area (Å²) in [6, 6.07) is 21.0. The number of aromatic nitrogens is 2. The third-order valence-electron chi connectivity index (χ3n) is 5.85. The Morgan fingerprint density at radius 2 is 1.81 bits per heavy atom. The number of aryl methyl sites for hydroxylation is 1. The molecule has 0 saturated heterocycles. The molecule has 180 valence electrons. The molecule has 7 nitrogen and oxygen atoms in total. The summed E-state index contributed by atoms with van der Waals surface area (Å²) in [4.78, 5) is 39.4. The number of esters is 1. The number of nitrogens with zero attached hydrogens (tertiary/aromatic N) is 2. The van der Waals surface area contributed by atoms with Gasteiger partial charge in [0.2, 0.25) is 5.91 Å². The van der Waals surface area contributed by atoms with Crippen LogP contribution in [0.4, 0.5) is 5.00 Å². The topological polar surface area (TPSA) is 90.3 Å². The Kier molecular flexibility index (Phi) is 6.35. The van der Waals surface area contributed by atoms with Gasteiger partial charge < -0.3 is 10.1 Å². The summed E-state index contributed by atoms with van der Waals surface area (Å²) >= 11 is 1.18. The van der Waals surface area contributed by atoms with Gasteiger partial charge in [-0.25, -0.2) is 4.79 Å². The third-order valence-corrected chi connectivity index (χ3v) is 6.75. The van der Waals surface area contributed by atoms with E-state index in [9.17, 15) is 14.4 Å². The largest absolute Gasteiger partial charge is 0.461 e. The van der Waals surface area contributed by atoms with Gasteiger partial charge in [0, 0.05) is 10.8 Å². The lowest BCUT2D eigenvalue weighted by molar-refractivity contribution is -0.115. The molecule has 1 N–H and O–H groups in total. The van der Waals surface area contributed by atoms with Gasteiger partial charge in [0.25, 0.3) is 5.56 Å². The normalized spacial score (nSPS) is 11.1. The molecule has 5 rings (SSSR count). The van der Waals surface area contributed by atoms with Crippen LogP contribution in [0.5, 0.6) is 0 Å². The molecular weight excluding hydrogens is 474 g/mol. The van der Waals surface area contributed by atoms with E-state index in [1.165, 1.54) is 16.0 Å². The summed E-state index contributed by atoms with van der Waals surface area (Å²) in [5.41, 5.74) is 1.95. The standard InChI is InChI=1S/C28H23N3O4S/c1-3-35-28(34)25-22-16-36-26(24(22)27(33)31(30-25)20-12-6-8-17(2)14-20)29-23(32)15-19-11-7-10-18-9-4-5-13-21(18)19/h4-14,16H,3,15H2,1-2H3,(H,29,32). The summed E-state index contributed by atoms with van der Waals surface area (Å²) in [5.74, 6) is -0.888. The highest BCUT2D eigenvalue weighted by atomic mass is 32.1. The van der Waals surface area contributed by atoms with Gasteiger partial charge in [-0.05, 0) is 47.9 Å². The number of anilines is 1. The van der Waals surface area contributed by atoms with Gasteiger partial charge in [0.15, 0.2) is 5.69 Å². The van der Waals surface area contributed by atoms with E-state index in [1.807, 2.05) is 61.5 Å². The predicted octanol–water partition coefficient (Wildman–Crippen LogP) is 5.27. The summed E-state index contributed by atoms with van der Waals surface area (Å²) < 4.78 is 6.39. The second kappa shape index (κ2) is 9.75. The number of nitrogens with one attached hydrogen (secondary N) is 1. The number of carbonyl (C=O) groups is 2. The summed E-state index contributed by atoms with van der Waals surface area (Å²) in [6.45, 7) is 3.78. The van der Waals surface area contributed by atoms with Crippen molar-refractivity contribution in [1.82, 2.24) is 9.78 Å². The minimum Gasteiger partial charge on any atom is -0.461 e. The Balaban J connectivity index is 1.58. The zero-order valence-corrected chi connectivity index (χ0v) is 20.6. The number of hydrogen-bond donors (Lipinski definition) is 1. The van der Waals surface area contributed by atoms with Gasteiger partial charge in [-0.15, -0.1) is 11.3 Å². The molecule has 0 aliphatic rings. The highest BCUT2D eigenvalue weighted by molar-refractivity contribution is 7.16. The van der Waals surface area contributed by atoms with Crippen LogP contribution in [-0.2, 0) is 16.0 Å². The molecule has 0 spiro atoms. The molecule has 2 aromatic heterocycles. The first kappa shape index (κ1) is 23.4. The van der Waals surface area contributed by atoms with Crippen molar-refractivity contribution in [2.75, 3.05) is 11.9 Å². The minimum absolute atomic E-state index is 0.0266. The Morgan fingerprint density at radius 3 is 2.61 bits per heavy atom. The van der Waals surface area contributed by atoms with Gasteiger partial charge >= 0.3 is 5.97 Å². The third kappa shape index (κ3) is 4.38. The van der Waals surface area contributed by atoms with Crippen molar-refractivity contribution in [3.8, 4) is 5.69 Å². The van der Waals surface area contributed by atoms with Crippen molar-refractivity contribution >= 4 is 49.8 Å². The van der Waals surface area contributed by atoms with Crippen molar-refractivity contribution in [2.45, 2.75) is 20.3 Å². The van der Waals surface area contributed by atoms with E-state index in [-0.39, 0.29) is 30.0 Å². The number of carbonyl (C=O) groups excluding carboxylic acids is 2. The van der Waals surface area contributed by atoms with Crippen molar-refractivity contribution < 1.29 is 14.3 Å². The SMILES string of the molecule is CCOC(=O)c1nn(-c2cccc(C)c2)c(=O)c2c(NC(=O)Cc3cccc4ccccc34)scc12. The van der Waals surface area contributed by atoms with Crippen molar-refractivity contribution in [2.24, 2.45) is 0 Å². The van der Waals surface area contributed by atoms with Crippen LogP contribution in [0.3, 0.4) is 0 Å². The molecule has 8 heteroatoms. The van der Waals surface area contributed by atoms with Crippen molar-refractivity contribution in [3.63, 3.8) is 0 Å². The minimum atomic E-state index is -0.629. The molecule has 0 bridgehead atoms. The average molecular weight is 498 g/mol. The molecule has 0 fully saturated rings. The predicted molar refractivity (Wildman–Crippen MR) is 142 cm³/mol. The number of amides is 1. The number of thiophene rings is 1. The summed E-state index contributed by atoms with van der Waals surface area (Å²) in [6.07, 6.45) is 0.142. The highest BCUT2D eigenvalue weighted by Crippen LogP contribution is 2.31. The van der Waals surface area contributed by atoms with Crippen LogP contribution in [0, 0.1) is 6.92 Å². The lowest BCUT2D eigenvalue weighted by Crippen LogP contribution is -2.25. The molecule has 0 radical (unpaired) electrons. The zero-order valence-electron chi connectivity index (χ0n) is 19.8. The quantitative estimate of drug-likeness (QED) is 0.323. The van der Waals surface area contributed by atoms with E-state index in [2.05, 4.69) is 10.4 Å². The number of fused-ring (bicyclic) bond motifs is 2. The smallest absolute Gasteiger partial charge is 0.359 e. The Labute approximate surface area is 211 Å². The fourth-order valence-corrected chi connectivity index (χ4v) is 5.17. The van der Waals surface area contributed by atoms with E-state index in [4.69, 9.17) is 4.74 Å². The van der Waals surface area contributed by atoms with Gasteiger partial charge in [-0.2, -0.15) is 9.78 Å². The molecule has 0 aliphatic carbocycles. The molecule has 0 aliphatic heterocycles. The van der Waals surface area contributed by atoms with Gasteiger partial charge in [-0.3, -0.25) is 9.59 Å². The van der Waals surface area contributed by atoms with Crippen LogP contribution in [0.25, 0.3) is 27.2 Å². The fourth-order valence-electron chi connectivity index (χ4n) is 4.22. The highest BCUT2D eigenvalue weighted by Gasteiger charge is 2.23. The molecule has 5 aromatic rings. The molecule has 36 heavy (non-hydrogen) atoms. The van der Waals surface area contributed by atoms with Crippen LogP contribution < -0.4 is 10.9 Å². The van der Waals surface area contributed by atoms with E-state index < -0.39 is 11.5 Å². The first-order chi connectivity index (χ1) is 17.5. The summed E-state index contributed by atoms with van der Waals surface area (Å²) in [5, 5.41) is 11.9. The number of benzene rings is 3. The molecular formula is C28H23N3O4S. The molecule has 1 amide bonds.